The van der Waals surface area contributed by atoms with Gasteiger partial charge in [-0.1, -0.05) is 25.7 Å². The number of hydrogen-bond donors (Lipinski definition) is 2. The summed E-state index contributed by atoms with van der Waals surface area (Å²) < 4.78 is 37.2. The number of guanidine groups is 1. The van der Waals surface area contributed by atoms with E-state index in [0.717, 1.165) is 18.6 Å². The van der Waals surface area contributed by atoms with E-state index in [1.165, 1.54) is 12.1 Å². The molecule has 0 unspecified atom stereocenters. The average Bonchev–Trinajstić information content (AvgIpc) is 2.43. The summed E-state index contributed by atoms with van der Waals surface area (Å²) in [5.41, 5.74) is 5.49. The van der Waals surface area contributed by atoms with Crippen LogP contribution in [0.25, 0.3) is 0 Å². The van der Waals surface area contributed by atoms with Crippen LogP contribution in [0.4, 0.5) is 13.2 Å². The second-order valence-electron chi connectivity index (χ2n) is 5.18. The van der Waals surface area contributed by atoms with Crippen LogP contribution in [0.1, 0.15) is 31.4 Å². The van der Waals surface area contributed by atoms with Crippen LogP contribution < -0.4 is 11.1 Å². The Kier molecular flexibility index (Phi) is 9.72. The molecule has 0 aliphatic rings. The molecule has 0 aromatic heterocycles. The summed E-state index contributed by atoms with van der Waals surface area (Å²) in [5, 5.41) is 2.84. The van der Waals surface area contributed by atoms with Crippen molar-refractivity contribution in [3.05, 3.63) is 35.4 Å². The number of benzene rings is 1. The third-order valence-corrected chi connectivity index (χ3v) is 2.79. The van der Waals surface area contributed by atoms with Crippen molar-refractivity contribution in [3.63, 3.8) is 0 Å². The smallest absolute Gasteiger partial charge is 0.370 e. The highest BCUT2D eigenvalue weighted by atomic mass is 127. The zero-order valence-electron chi connectivity index (χ0n) is 13.1. The predicted octanol–water partition coefficient (Wildman–Crippen LogP) is 3.63. The van der Waals surface area contributed by atoms with Crippen molar-refractivity contribution in [3.8, 4) is 11.8 Å². The van der Waals surface area contributed by atoms with Crippen molar-refractivity contribution < 1.29 is 13.2 Å². The molecule has 0 saturated heterocycles. The molecule has 1 rings (SSSR count). The Morgan fingerprint density at radius 1 is 1.26 bits per heavy atom. The van der Waals surface area contributed by atoms with Crippen LogP contribution in [-0.2, 0) is 6.18 Å². The van der Waals surface area contributed by atoms with E-state index in [-0.39, 0.29) is 30.5 Å². The SMILES string of the molecule is CC(C)CCN=C(N)NCC#Cc1ccc(C(F)(F)F)cc1.I. The highest BCUT2D eigenvalue weighted by Crippen LogP contribution is 2.28. The highest BCUT2D eigenvalue weighted by Gasteiger charge is 2.29. The van der Waals surface area contributed by atoms with Gasteiger partial charge in [-0.3, -0.25) is 4.99 Å². The van der Waals surface area contributed by atoms with Gasteiger partial charge in [-0.2, -0.15) is 13.2 Å². The summed E-state index contributed by atoms with van der Waals surface area (Å²) >= 11 is 0. The molecular formula is C16H21F3IN3. The van der Waals surface area contributed by atoms with Gasteiger partial charge in [0.15, 0.2) is 5.96 Å². The molecule has 7 heteroatoms. The first-order valence-corrected chi connectivity index (χ1v) is 6.99. The maximum atomic E-state index is 12.4. The summed E-state index contributed by atoms with van der Waals surface area (Å²) in [5.74, 6) is 6.44. The molecule has 0 fully saturated rings. The summed E-state index contributed by atoms with van der Waals surface area (Å²) in [4.78, 5) is 4.14. The monoisotopic (exact) mass is 439 g/mol. The quantitative estimate of drug-likeness (QED) is 0.326. The van der Waals surface area contributed by atoms with E-state index in [9.17, 15) is 13.2 Å². The van der Waals surface area contributed by atoms with Gasteiger partial charge >= 0.3 is 6.18 Å². The first-order chi connectivity index (χ1) is 10.3. The molecule has 3 N–H and O–H groups in total. The van der Waals surface area contributed by atoms with E-state index < -0.39 is 11.7 Å². The van der Waals surface area contributed by atoms with Gasteiger partial charge in [0, 0.05) is 12.1 Å². The van der Waals surface area contributed by atoms with Crippen molar-refractivity contribution in [2.45, 2.75) is 26.4 Å². The third-order valence-electron chi connectivity index (χ3n) is 2.79. The Bertz CT molecular complexity index is 555. The minimum Gasteiger partial charge on any atom is -0.370 e. The van der Waals surface area contributed by atoms with Crippen LogP contribution in [0.5, 0.6) is 0 Å². The van der Waals surface area contributed by atoms with Crippen molar-refractivity contribution in [1.82, 2.24) is 5.32 Å². The number of nitrogens with zero attached hydrogens (tertiary/aromatic N) is 1. The molecule has 0 atom stereocenters. The minimum absolute atomic E-state index is 0. The lowest BCUT2D eigenvalue weighted by atomic mass is 10.1. The Labute approximate surface area is 152 Å². The van der Waals surface area contributed by atoms with Crippen LogP contribution >= 0.6 is 24.0 Å². The summed E-state index contributed by atoms with van der Waals surface area (Å²) in [6.45, 7) is 5.16. The van der Waals surface area contributed by atoms with E-state index in [0.29, 0.717) is 24.0 Å². The van der Waals surface area contributed by atoms with Crippen molar-refractivity contribution in [1.29, 1.82) is 0 Å². The fourth-order valence-electron chi connectivity index (χ4n) is 1.52. The lowest BCUT2D eigenvalue weighted by molar-refractivity contribution is -0.137. The molecule has 3 nitrogen and oxygen atoms in total. The zero-order chi connectivity index (χ0) is 16.6. The lowest BCUT2D eigenvalue weighted by Gasteiger charge is -2.05. The average molecular weight is 439 g/mol. The van der Waals surface area contributed by atoms with E-state index in [1.54, 1.807) is 0 Å². The van der Waals surface area contributed by atoms with Gasteiger partial charge in [-0.25, -0.2) is 0 Å². The van der Waals surface area contributed by atoms with Gasteiger partial charge in [-0.15, -0.1) is 24.0 Å². The largest absolute Gasteiger partial charge is 0.416 e. The van der Waals surface area contributed by atoms with Gasteiger partial charge in [0.1, 0.15) is 0 Å². The van der Waals surface area contributed by atoms with Gasteiger partial charge in [0.25, 0.3) is 0 Å². The summed E-state index contributed by atoms with van der Waals surface area (Å²) in [6.07, 6.45) is -3.37. The van der Waals surface area contributed by atoms with Gasteiger partial charge in [-0.05, 0) is 36.6 Å². The van der Waals surface area contributed by atoms with Crippen LogP contribution in [0, 0.1) is 17.8 Å². The second-order valence-corrected chi connectivity index (χ2v) is 5.18. The van der Waals surface area contributed by atoms with Crippen LogP contribution in [0.3, 0.4) is 0 Å². The minimum atomic E-state index is -4.32. The molecule has 0 radical (unpaired) electrons. The zero-order valence-corrected chi connectivity index (χ0v) is 15.4. The number of alkyl halides is 3. The standard InChI is InChI=1S/C16H20F3N3.HI/c1-12(2)9-11-22-15(20)21-10-3-4-13-5-7-14(8-6-13)16(17,18)19;/h5-8,12H,9-11H2,1-2H3,(H3,20,21,22);1H. The van der Waals surface area contributed by atoms with Crippen LogP contribution in [-0.4, -0.2) is 19.0 Å². The second kappa shape index (κ2) is 10.4. The number of rotatable bonds is 4. The van der Waals surface area contributed by atoms with Crippen molar-refractivity contribution in [2.75, 3.05) is 13.1 Å². The number of nitrogens with one attached hydrogen (secondary N) is 1. The van der Waals surface area contributed by atoms with Crippen molar-refractivity contribution in [2.24, 2.45) is 16.6 Å². The molecule has 0 amide bonds. The van der Waals surface area contributed by atoms with E-state index in [2.05, 4.69) is 36.0 Å². The number of aliphatic imine (C=N–C) groups is 1. The Morgan fingerprint density at radius 2 is 1.87 bits per heavy atom. The molecule has 0 aliphatic heterocycles. The van der Waals surface area contributed by atoms with Crippen LogP contribution in [0.2, 0.25) is 0 Å². The van der Waals surface area contributed by atoms with E-state index in [4.69, 9.17) is 5.73 Å². The highest BCUT2D eigenvalue weighted by molar-refractivity contribution is 14.0. The van der Waals surface area contributed by atoms with Gasteiger partial charge < -0.3 is 11.1 Å². The molecule has 128 valence electrons. The maximum Gasteiger partial charge on any atom is 0.416 e. The third kappa shape index (κ3) is 9.33. The fraction of sp³-hybridized carbons (Fsp3) is 0.438. The lowest BCUT2D eigenvalue weighted by Crippen LogP contribution is -2.32. The number of hydrogen-bond acceptors (Lipinski definition) is 1. The van der Waals surface area contributed by atoms with Crippen molar-refractivity contribution >= 4 is 29.9 Å². The molecule has 1 aromatic rings. The normalized spacial score (nSPS) is 11.5. The van der Waals surface area contributed by atoms with E-state index >= 15 is 0 Å². The fourth-order valence-corrected chi connectivity index (χ4v) is 1.52. The summed E-state index contributed by atoms with van der Waals surface area (Å²) in [6, 6.07) is 4.71. The molecule has 23 heavy (non-hydrogen) atoms. The Morgan fingerprint density at radius 3 is 2.39 bits per heavy atom. The van der Waals surface area contributed by atoms with Gasteiger partial charge in [0.2, 0.25) is 0 Å². The molecule has 0 saturated carbocycles. The Balaban J connectivity index is 0.00000484. The molecule has 0 bridgehead atoms. The molecule has 1 aromatic carbocycles. The molecule has 0 aliphatic carbocycles. The summed E-state index contributed by atoms with van der Waals surface area (Å²) in [7, 11) is 0. The molecular weight excluding hydrogens is 418 g/mol. The Hall–Kier alpha value is -1.43. The van der Waals surface area contributed by atoms with Gasteiger partial charge in [0.05, 0.1) is 12.1 Å². The molecule has 0 spiro atoms. The van der Waals surface area contributed by atoms with Crippen LogP contribution in [0.15, 0.2) is 29.3 Å². The topological polar surface area (TPSA) is 50.4 Å². The number of halogens is 4. The predicted molar refractivity (Wildman–Crippen MR) is 97.7 cm³/mol. The maximum absolute atomic E-state index is 12.4. The first-order valence-electron chi connectivity index (χ1n) is 6.99. The van der Waals surface area contributed by atoms with E-state index in [1.807, 2.05) is 0 Å². The number of nitrogens with two attached hydrogens (primary N) is 1. The molecule has 0 heterocycles. The first kappa shape index (κ1) is 21.6.